The highest BCUT2D eigenvalue weighted by molar-refractivity contribution is 5.83. The lowest BCUT2D eigenvalue weighted by Crippen LogP contribution is -2.45. The SMILES string of the molecule is NC(CCC(=O)O)C(=O)NCC(O)C(=O)O. The highest BCUT2D eigenvalue weighted by Gasteiger charge is 2.18. The van der Waals surface area contributed by atoms with Crippen molar-refractivity contribution in [1.29, 1.82) is 0 Å². The zero-order valence-electron chi connectivity index (χ0n) is 8.42. The van der Waals surface area contributed by atoms with Crippen molar-refractivity contribution in [3.8, 4) is 0 Å². The van der Waals surface area contributed by atoms with Gasteiger partial charge in [0.05, 0.1) is 12.6 Å². The molecule has 16 heavy (non-hydrogen) atoms. The number of carboxylic acids is 2. The fraction of sp³-hybridized carbons (Fsp3) is 0.625. The predicted molar refractivity (Wildman–Crippen MR) is 51.5 cm³/mol. The molecule has 2 unspecified atom stereocenters. The largest absolute Gasteiger partial charge is 0.481 e. The van der Waals surface area contributed by atoms with E-state index in [0.29, 0.717) is 0 Å². The van der Waals surface area contributed by atoms with Gasteiger partial charge in [0.1, 0.15) is 0 Å². The van der Waals surface area contributed by atoms with E-state index in [-0.39, 0.29) is 12.8 Å². The topological polar surface area (TPSA) is 150 Å². The Hall–Kier alpha value is -1.67. The van der Waals surface area contributed by atoms with Gasteiger partial charge < -0.3 is 26.4 Å². The molecule has 6 N–H and O–H groups in total. The summed E-state index contributed by atoms with van der Waals surface area (Å²) in [5.74, 6) is -3.23. The van der Waals surface area contributed by atoms with Crippen molar-refractivity contribution < 1.29 is 29.7 Å². The number of aliphatic hydroxyl groups is 1. The van der Waals surface area contributed by atoms with Crippen LogP contribution in [0.3, 0.4) is 0 Å². The number of aliphatic hydroxyl groups excluding tert-OH is 1. The molecule has 0 aromatic carbocycles. The lowest BCUT2D eigenvalue weighted by molar-refractivity contribution is -0.146. The molecule has 0 saturated heterocycles. The second-order valence-electron chi connectivity index (χ2n) is 3.14. The standard InChI is InChI=1S/C8H14N2O6/c9-4(1-2-6(12)13)7(14)10-3-5(11)8(15)16/h4-5,11H,1-3,9H2,(H,10,14)(H,12,13)(H,15,16). The molecule has 8 heteroatoms. The molecular weight excluding hydrogens is 220 g/mol. The van der Waals surface area contributed by atoms with Crippen molar-refractivity contribution in [2.45, 2.75) is 25.0 Å². The first-order valence-corrected chi connectivity index (χ1v) is 4.50. The zero-order valence-corrected chi connectivity index (χ0v) is 8.42. The third-order valence-electron chi connectivity index (χ3n) is 1.76. The van der Waals surface area contributed by atoms with Crippen molar-refractivity contribution in [1.82, 2.24) is 5.32 Å². The maximum absolute atomic E-state index is 11.1. The molecule has 2 atom stereocenters. The van der Waals surface area contributed by atoms with Gasteiger partial charge in [0.25, 0.3) is 0 Å². The Kier molecular flexibility index (Phi) is 6.04. The summed E-state index contributed by atoms with van der Waals surface area (Å²) in [4.78, 5) is 31.5. The zero-order chi connectivity index (χ0) is 12.7. The summed E-state index contributed by atoms with van der Waals surface area (Å²) in [6.07, 6.45) is -2.00. The van der Waals surface area contributed by atoms with E-state index in [2.05, 4.69) is 5.32 Å². The maximum Gasteiger partial charge on any atom is 0.334 e. The van der Waals surface area contributed by atoms with Crippen LogP contribution in [-0.2, 0) is 14.4 Å². The van der Waals surface area contributed by atoms with Crippen LogP contribution in [0, 0.1) is 0 Å². The van der Waals surface area contributed by atoms with Crippen LogP contribution in [0.1, 0.15) is 12.8 Å². The molecule has 0 aliphatic heterocycles. The van der Waals surface area contributed by atoms with E-state index in [0.717, 1.165) is 0 Å². The van der Waals surface area contributed by atoms with E-state index in [9.17, 15) is 14.4 Å². The lowest BCUT2D eigenvalue weighted by Gasteiger charge is -2.12. The summed E-state index contributed by atoms with van der Waals surface area (Å²) in [6.45, 7) is -0.463. The van der Waals surface area contributed by atoms with Crippen molar-refractivity contribution in [3.05, 3.63) is 0 Å². The number of carboxylic acid groups (broad SMARTS) is 2. The summed E-state index contributed by atoms with van der Waals surface area (Å²) in [6, 6.07) is -1.03. The van der Waals surface area contributed by atoms with E-state index in [1.807, 2.05) is 0 Å². The fourth-order valence-electron chi connectivity index (χ4n) is 0.826. The van der Waals surface area contributed by atoms with Gasteiger partial charge in [-0.05, 0) is 6.42 Å². The van der Waals surface area contributed by atoms with Crippen LogP contribution < -0.4 is 11.1 Å². The average molecular weight is 234 g/mol. The van der Waals surface area contributed by atoms with Gasteiger partial charge in [0.2, 0.25) is 5.91 Å². The maximum atomic E-state index is 11.1. The number of hydrogen-bond donors (Lipinski definition) is 5. The number of nitrogens with two attached hydrogens (primary N) is 1. The van der Waals surface area contributed by atoms with E-state index < -0.39 is 36.5 Å². The molecule has 0 saturated carbocycles. The molecule has 0 aliphatic rings. The summed E-state index contributed by atoms with van der Waals surface area (Å²) in [5.41, 5.74) is 5.32. The second-order valence-corrected chi connectivity index (χ2v) is 3.14. The smallest absolute Gasteiger partial charge is 0.334 e. The molecule has 0 aromatic heterocycles. The Morgan fingerprint density at radius 2 is 1.81 bits per heavy atom. The first-order valence-electron chi connectivity index (χ1n) is 4.50. The van der Waals surface area contributed by atoms with Crippen molar-refractivity contribution in [2.24, 2.45) is 5.73 Å². The van der Waals surface area contributed by atoms with Gasteiger partial charge in [-0.15, -0.1) is 0 Å². The van der Waals surface area contributed by atoms with Crippen LogP contribution >= 0.6 is 0 Å². The minimum absolute atomic E-state index is 0.0513. The predicted octanol–water partition coefficient (Wildman–Crippen LogP) is -2.26. The quantitative estimate of drug-likeness (QED) is 0.333. The Morgan fingerprint density at radius 1 is 1.25 bits per heavy atom. The van der Waals surface area contributed by atoms with E-state index >= 15 is 0 Å². The molecule has 0 fully saturated rings. The molecule has 0 spiro atoms. The Labute approximate surface area is 91.1 Å². The van der Waals surface area contributed by atoms with Gasteiger partial charge in [0.15, 0.2) is 6.10 Å². The third kappa shape index (κ3) is 5.94. The van der Waals surface area contributed by atoms with Gasteiger partial charge in [-0.1, -0.05) is 0 Å². The van der Waals surface area contributed by atoms with Gasteiger partial charge in [-0.2, -0.15) is 0 Å². The molecule has 0 heterocycles. The molecule has 1 amide bonds. The highest BCUT2D eigenvalue weighted by atomic mass is 16.4. The van der Waals surface area contributed by atoms with Crippen LogP contribution in [0.15, 0.2) is 0 Å². The lowest BCUT2D eigenvalue weighted by atomic mass is 10.1. The highest BCUT2D eigenvalue weighted by Crippen LogP contribution is 1.94. The summed E-state index contributed by atoms with van der Waals surface area (Å²) in [5, 5.41) is 27.6. The molecule has 92 valence electrons. The van der Waals surface area contributed by atoms with Crippen molar-refractivity contribution >= 4 is 17.8 Å². The molecule has 0 aliphatic carbocycles. The van der Waals surface area contributed by atoms with E-state index in [4.69, 9.17) is 21.1 Å². The number of rotatable bonds is 7. The minimum atomic E-state index is -1.70. The number of aliphatic carboxylic acids is 2. The van der Waals surface area contributed by atoms with Crippen LogP contribution in [-0.4, -0.2) is 51.9 Å². The minimum Gasteiger partial charge on any atom is -0.481 e. The number of carbonyl (C=O) groups is 3. The molecule has 0 bridgehead atoms. The van der Waals surface area contributed by atoms with Gasteiger partial charge in [-0.25, -0.2) is 4.79 Å². The Bertz CT molecular complexity index is 280. The number of amides is 1. The van der Waals surface area contributed by atoms with Gasteiger partial charge in [-0.3, -0.25) is 9.59 Å². The molecule has 0 radical (unpaired) electrons. The van der Waals surface area contributed by atoms with Gasteiger partial charge >= 0.3 is 11.9 Å². The van der Waals surface area contributed by atoms with Gasteiger partial charge in [0, 0.05) is 6.42 Å². The van der Waals surface area contributed by atoms with Crippen molar-refractivity contribution in [2.75, 3.05) is 6.54 Å². The molecule has 0 rings (SSSR count). The summed E-state index contributed by atoms with van der Waals surface area (Å²) in [7, 11) is 0. The fourth-order valence-corrected chi connectivity index (χ4v) is 0.826. The number of nitrogens with one attached hydrogen (secondary N) is 1. The summed E-state index contributed by atoms with van der Waals surface area (Å²) < 4.78 is 0. The first kappa shape index (κ1) is 14.3. The number of carbonyl (C=O) groups excluding carboxylic acids is 1. The molecular formula is C8H14N2O6. The summed E-state index contributed by atoms with van der Waals surface area (Å²) >= 11 is 0. The van der Waals surface area contributed by atoms with Crippen LogP contribution in [0.25, 0.3) is 0 Å². The normalized spacial score (nSPS) is 13.9. The first-order chi connectivity index (χ1) is 7.34. The second kappa shape index (κ2) is 6.75. The molecule has 8 nitrogen and oxygen atoms in total. The van der Waals surface area contributed by atoms with Crippen LogP contribution in [0.4, 0.5) is 0 Å². The molecule has 0 aromatic rings. The Balaban J connectivity index is 3.87. The van der Waals surface area contributed by atoms with Crippen LogP contribution in [0.2, 0.25) is 0 Å². The number of hydrogen-bond acceptors (Lipinski definition) is 5. The monoisotopic (exact) mass is 234 g/mol. The third-order valence-corrected chi connectivity index (χ3v) is 1.76. The average Bonchev–Trinajstić information content (AvgIpc) is 2.21. The van der Waals surface area contributed by atoms with Crippen molar-refractivity contribution in [3.63, 3.8) is 0 Å². The Morgan fingerprint density at radius 3 is 2.25 bits per heavy atom. The van der Waals surface area contributed by atoms with Crippen LogP contribution in [0.5, 0.6) is 0 Å². The van der Waals surface area contributed by atoms with E-state index in [1.165, 1.54) is 0 Å². The van der Waals surface area contributed by atoms with E-state index in [1.54, 1.807) is 0 Å².